The quantitative estimate of drug-likeness (QED) is 0.850. The third-order valence-corrected chi connectivity index (χ3v) is 4.12. The van der Waals surface area contributed by atoms with Crippen LogP contribution in [-0.4, -0.2) is 43.0 Å². The standard InChI is InChI=1S/C15H23N3/c1-17-5-2-6-18(8-7-17)12-13-3-4-14-10-16-11-15(14)9-13/h3-4,9,16H,2,5-8,10-12H2,1H3. The SMILES string of the molecule is CN1CCCN(Cc2ccc3c(c2)CNC3)CC1. The molecule has 98 valence electrons. The molecule has 1 N–H and O–H groups in total. The molecule has 0 aromatic heterocycles. The van der Waals surface area contributed by atoms with Crippen molar-refractivity contribution in [3.05, 3.63) is 34.9 Å². The number of nitrogens with one attached hydrogen (secondary N) is 1. The predicted octanol–water partition coefficient (Wildman–Crippen LogP) is 1.43. The van der Waals surface area contributed by atoms with E-state index in [-0.39, 0.29) is 0 Å². The zero-order chi connectivity index (χ0) is 12.4. The Kier molecular flexibility index (Phi) is 3.64. The fraction of sp³-hybridized carbons (Fsp3) is 0.600. The molecular formula is C15H23N3. The van der Waals surface area contributed by atoms with E-state index >= 15 is 0 Å². The maximum Gasteiger partial charge on any atom is 0.0234 e. The molecule has 3 heteroatoms. The summed E-state index contributed by atoms with van der Waals surface area (Å²) >= 11 is 0. The van der Waals surface area contributed by atoms with Crippen LogP contribution in [0.5, 0.6) is 0 Å². The first-order chi connectivity index (χ1) is 8.81. The maximum absolute atomic E-state index is 3.41. The second-order valence-electron chi connectivity index (χ2n) is 5.64. The number of rotatable bonds is 2. The predicted molar refractivity (Wildman–Crippen MR) is 74.4 cm³/mol. The van der Waals surface area contributed by atoms with Crippen molar-refractivity contribution in [3.63, 3.8) is 0 Å². The van der Waals surface area contributed by atoms with E-state index in [1.807, 2.05) is 0 Å². The van der Waals surface area contributed by atoms with E-state index in [1.54, 1.807) is 0 Å². The molecule has 0 bridgehead atoms. The van der Waals surface area contributed by atoms with Gasteiger partial charge in [0.2, 0.25) is 0 Å². The van der Waals surface area contributed by atoms with Gasteiger partial charge in [-0.3, -0.25) is 4.90 Å². The molecule has 3 nitrogen and oxygen atoms in total. The van der Waals surface area contributed by atoms with Crippen molar-refractivity contribution in [2.24, 2.45) is 0 Å². The van der Waals surface area contributed by atoms with Gasteiger partial charge < -0.3 is 10.2 Å². The normalized spacial score (nSPS) is 21.8. The highest BCUT2D eigenvalue weighted by Gasteiger charge is 2.14. The molecule has 0 amide bonds. The van der Waals surface area contributed by atoms with E-state index in [0.717, 1.165) is 19.6 Å². The van der Waals surface area contributed by atoms with Gasteiger partial charge in [0, 0.05) is 32.7 Å². The zero-order valence-electron chi connectivity index (χ0n) is 11.3. The zero-order valence-corrected chi connectivity index (χ0v) is 11.3. The molecule has 0 unspecified atom stereocenters. The van der Waals surface area contributed by atoms with Crippen LogP contribution < -0.4 is 5.32 Å². The Morgan fingerprint density at radius 2 is 1.94 bits per heavy atom. The molecule has 1 saturated heterocycles. The van der Waals surface area contributed by atoms with E-state index in [0.29, 0.717) is 0 Å². The summed E-state index contributed by atoms with van der Waals surface area (Å²) in [7, 11) is 2.23. The second-order valence-corrected chi connectivity index (χ2v) is 5.64. The molecule has 1 aromatic carbocycles. The van der Waals surface area contributed by atoms with Crippen molar-refractivity contribution in [1.29, 1.82) is 0 Å². The Morgan fingerprint density at radius 3 is 2.89 bits per heavy atom. The molecule has 1 aromatic rings. The number of hydrogen-bond donors (Lipinski definition) is 1. The van der Waals surface area contributed by atoms with Crippen molar-refractivity contribution >= 4 is 0 Å². The number of fused-ring (bicyclic) bond motifs is 1. The van der Waals surface area contributed by atoms with Crippen molar-refractivity contribution < 1.29 is 0 Å². The number of nitrogens with zero attached hydrogens (tertiary/aromatic N) is 2. The molecule has 3 rings (SSSR count). The van der Waals surface area contributed by atoms with Gasteiger partial charge >= 0.3 is 0 Å². The lowest BCUT2D eigenvalue weighted by Gasteiger charge is -2.20. The van der Waals surface area contributed by atoms with Crippen LogP contribution in [0.1, 0.15) is 23.1 Å². The molecule has 0 atom stereocenters. The molecule has 2 aliphatic rings. The molecule has 2 heterocycles. The molecule has 1 fully saturated rings. The average molecular weight is 245 g/mol. The summed E-state index contributed by atoms with van der Waals surface area (Å²) in [5, 5.41) is 3.41. The lowest BCUT2D eigenvalue weighted by molar-refractivity contribution is 0.269. The summed E-state index contributed by atoms with van der Waals surface area (Å²) in [6.07, 6.45) is 1.29. The molecular weight excluding hydrogens is 222 g/mol. The van der Waals surface area contributed by atoms with Gasteiger partial charge in [0.15, 0.2) is 0 Å². The van der Waals surface area contributed by atoms with E-state index < -0.39 is 0 Å². The van der Waals surface area contributed by atoms with Gasteiger partial charge in [0.1, 0.15) is 0 Å². The lowest BCUT2D eigenvalue weighted by atomic mass is 10.1. The summed E-state index contributed by atoms with van der Waals surface area (Å²) < 4.78 is 0. The largest absolute Gasteiger partial charge is 0.309 e. The number of likely N-dealkylation sites (N-methyl/N-ethyl adjacent to an activating group) is 1. The molecule has 0 spiro atoms. The monoisotopic (exact) mass is 245 g/mol. The van der Waals surface area contributed by atoms with Crippen LogP contribution in [0.25, 0.3) is 0 Å². The molecule has 0 aliphatic carbocycles. The Balaban J connectivity index is 1.65. The molecule has 2 aliphatic heterocycles. The van der Waals surface area contributed by atoms with Gasteiger partial charge in [-0.1, -0.05) is 18.2 Å². The first-order valence-corrected chi connectivity index (χ1v) is 7.03. The minimum absolute atomic E-state index is 1.05. The van der Waals surface area contributed by atoms with Gasteiger partial charge in [0.25, 0.3) is 0 Å². The van der Waals surface area contributed by atoms with Gasteiger partial charge in [-0.15, -0.1) is 0 Å². The summed E-state index contributed by atoms with van der Waals surface area (Å²) in [5.74, 6) is 0. The smallest absolute Gasteiger partial charge is 0.0234 e. The van der Waals surface area contributed by atoms with Crippen molar-refractivity contribution in [2.75, 3.05) is 33.2 Å². The molecule has 0 saturated carbocycles. The Hall–Kier alpha value is -0.900. The fourth-order valence-electron chi connectivity index (χ4n) is 2.96. The fourth-order valence-corrected chi connectivity index (χ4v) is 2.96. The average Bonchev–Trinajstić information content (AvgIpc) is 2.74. The van der Waals surface area contributed by atoms with Crippen LogP contribution in [0.4, 0.5) is 0 Å². The highest BCUT2D eigenvalue weighted by Crippen LogP contribution is 2.18. The van der Waals surface area contributed by atoms with E-state index in [1.165, 1.54) is 49.3 Å². The van der Waals surface area contributed by atoms with Gasteiger partial charge in [-0.2, -0.15) is 0 Å². The lowest BCUT2D eigenvalue weighted by Crippen LogP contribution is -2.28. The van der Waals surface area contributed by atoms with Crippen molar-refractivity contribution in [2.45, 2.75) is 26.1 Å². The highest BCUT2D eigenvalue weighted by molar-refractivity contribution is 5.34. The summed E-state index contributed by atoms with van der Waals surface area (Å²) in [5.41, 5.74) is 4.45. The Morgan fingerprint density at radius 1 is 1.06 bits per heavy atom. The van der Waals surface area contributed by atoms with Crippen LogP contribution in [0.3, 0.4) is 0 Å². The maximum atomic E-state index is 3.41. The highest BCUT2D eigenvalue weighted by atomic mass is 15.2. The van der Waals surface area contributed by atoms with Crippen LogP contribution in [0.2, 0.25) is 0 Å². The number of benzene rings is 1. The summed E-state index contributed by atoms with van der Waals surface area (Å²) in [6.45, 7) is 8.08. The van der Waals surface area contributed by atoms with Gasteiger partial charge in [-0.05, 0) is 43.2 Å². The Bertz CT molecular complexity index is 416. The third-order valence-electron chi connectivity index (χ3n) is 4.12. The molecule has 0 radical (unpaired) electrons. The molecule has 18 heavy (non-hydrogen) atoms. The van der Waals surface area contributed by atoms with Crippen LogP contribution in [0.15, 0.2) is 18.2 Å². The minimum atomic E-state index is 1.05. The topological polar surface area (TPSA) is 18.5 Å². The first kappa shape index (κ1) is 12.2. The van der Waals surface area contributed by atoms with E-state index in [4.69, 9.17) is 0 Å². The first-order valence-electron chi connectivity index (χ1n) is 7.03. The van der Waals surface area contributed by atoms with Gasteiger partial charge in [0.05, 0.1) is 0 Å². The summed E-state index contributed by atoms with van der Waals surface area (Å²) in [6, 6.07) is 7.00. The van der Waals surface area contributed by atoms with Gasteiger partial charge in [-0.25, -0.2) is 0 Å². The summed E-state index contributed by atoms with van der Waals surface area (Å²) in [4.78, 5) is 5.03. The van der Waals surface area contributed by atoms with Crippen molar-refractivity contribution in [1.82, 2.24) is 15.1 Å². The van der Waals surface area contributed by atoms with E-state index in [2.05, 4.69) is 40.4 Å². The minimum Gasteiger partial charge on any atom is -0.309 e. The van der Waals surface area contributed by atoms with Crippen LogP contribution in [0, 0.1) is 0 Å². The Labute approximate surface area is 110 Å². The van der Waals surface area contributed by atoms with Crippen LogP contribution >= 0.6 is 0 Å². The number of hydrogen-bond acceptors (Lipinski definition) is 3. The second kappa shape index (κ2) is 5.39. The third kappa shape index (κ3) is 2.74. The van der Waals surface area contributed by atoms with Crippen molar-refractivity contribution in [3.8, 4) is 0 Å². The van der Waals surface area contributed by atoms with Crippen LogP contribution in [-0.2, 0) is 19.6 Å². The van der Waals surface area contributed by atoms with E-state index in [9.17, 15) is 0 Å².